The highest BCUT2D eigenvalue weighted by Crippen LogP contribution is 2.32. The van der Waals surface area contributed by atoms with Crippen LogP contribution in [0.3, 0.4) is 0 Å². The van der Waals surface area contributed by atoms with Gasteiger partial charge >= 0.3 is 0 Å². The van der Waals surface area contributed by atoms with E-state index in [1.165, 1.54) is 18.5 Å². The first-order chi connectivity index (χ1) is 15.9. The molecule has 1 heterocycles. The van der Waals surface area contributed by atoms with Crippen molar-refractivity contribution in [3.8, 4) is 6.07 Å². The van der Waals surface area contributed by atoms with Crippen LogP contribution >= 0.6 is 0 Å². The fourth-order valence-corrected chi connectivity index (χ4v) is 3.95. The molecule has 0 spiro atoms. The van der Waals surface area contributed by atoms with E-state index in [1.807, 2.05) is 18.2 Å². The van der Waals surface area contributed by atoms with E-state index in [0.29, 0.717) is 12.0 Å². The topological polar surface area (TPSA) is 108 Å². The molecular formula is C25H22FN5O2. The number of carbonyl (C=O) groups excluding carboxylic acids is 2. The van der Waals surface area contributed by atoms with Crippen LogP contribution in [0.4, 0.5) is 4.39 Å². The maximum absolute atomic E-state index is 13.4. The number of nitrogens with zero attached hydrogens (tertiary/aromatic N) is 3. The van der Waals surface area contributed by atoms with Gasteiger partial charge in [0.2, 0.25) is 0 Å². The molecule has 3 aromatic rings. The molecule has 2 amide bonds. The molecule has 1 aromatic heterocycles. The highest BCUT2D eigenvalue weighted by molar-refractivity contribution is 5.97. The van der Waals surface area contributed by atoms with Crippen LogP contribution in [0.1, 0.15) is 61.3 Å². The summed E-state index contributed by atoms with van der Waals surface area (Å²) in [5, 5.41) is 14.6. The normalized spacial score (nSPS) is 14.3. The first kappa shape index (κ1) is 22.1. The fourth-order valence-electron chi connectivity index (χ4n) is 3.95. The Morgan fingerprint density at radius 1 is 1.09 bits per heavy atom. The van der Waals surface area contributed by atoms with Gasteiger partial charge in [-0.1, -0.05) is 30.3 Å². The SMILES string of the molecule is Cc1cc(CNC(=O)c2cc(C(=O)N[C@H]3CCc4cc(CC#N)ccc43)ncn2)ccc1F. The lowest BCUT2D eigenvalue weighted by Gasteiger charge is -2.14. The second kappa shape index (κ2) is 9.57. The molecule has 0 fully saturated rings. The lowest BCUT2D eigenvalue weighted by atomic mass is 10.0. The second-order valence-corrected chi connectivity index (χ2v) is 7.99. The molecule has 166 valence electrons. The van der Waals surface area contributed by atoms with Crippen LogP contribution < -0.4 is 10.6 Å². The molecule has 7 nitrogen and oxygen atoms in total. The van der Waals surface area contributed by atoms with Gasteiger partial charge in [-0.2, -0.15) is 5.26 Å². The zero-order valence-electron chi connectivity index (χ0n) is 18.1. The van der Waals surface area contributed by atoms with Crippen molar-refractivity contribution >= 4 is 11.8 Å². The predicted octanol–water partition coefficient (Wildman–Crippen LogP) is 3.34. The minimum atomic E-state index is -0.454. The molecular weight excluding hydrogens is 421 g/mol. The maximum atomic E-state index is 13.4. The molecule has 33 heavy (non-hydrogen) atoms. The van der Waals surface area contributed by atoms with Gasteiger partial charge in [-0.15, -0.1) is 0 Å². The zero-order chi connectivity index (χ0) is 23.4. The molecule has 0 aliphatic heterocycles. The van der Waals surface area contributed by atoms with Gasteiger partial charge in [0.15, 0.2) is 0 Å². The van der Waals surface area contributed by atoms with Crippen LogP contribution in [0, 0.1) is 24.1 Å². The number of fused-ring (bicyclic) bond motifs is 1. The predicted molar refractivity (Wildman–Crippen MR) is 119 cm³/mol. The summed E-state index contributed by atoms with van der Waals surface area (Å²) in [6.07, 6.45) is 3.12. The second-order valence-electron chi connectivity index (χ2n) is 7.99. The van der Waals surface area contributed by atoms with E-state index in [9.17, 15) is 14.0 Å². The Morgan fingerprint density at radius 3 is 2.61 bits per heavy atom. The number of nitriles is 1. The highest BCUT2D eigenvalue weighted by atomic mass is 19.1. The lowest BCUT2D eigenvalue weighted by molar-refractivity contribution is 0.0931. The Hall–Kier alpha value is -4.12. The minimum absolute atomic E-state index is 0.0713. The van der Waals surface area contributed by atoms with Gasteiger partial charge in [-0.25, -0.2) is 14.4 Å². The van der Waals surface area contributed by atoms with Gasteiger partial charge < -0.3 is 10.6 Å². The summed E-state index contributed by atoms with van der Waals surface area (Å²) in [5.74, 6) is -1.15. The third-order valence-corrected chi connectivity index (χ3v) is 5.68. The summed E-state index contributed by atoms with van der Waals surface area (Å²) in [4.78, 5) is 33.3. The molecule has 1 aliphatic carbocycles. The first-order valence-corrected chi connectivity index (χ1v) is 10.6. The van der Waals surface area contributed by atoms with Crippen molar-refractivity contribution in [2.75, 3.05) is 0 Å². The van der Waals surface area contributed by atoms with Crippen LogP contribution in [-0.4, -0.2) is 21.8 Å². The highest BCUT2D eigenvalue weighted by Gasteiger charge is 2.25. The number of hydrogen-bond acceptors (Lipinski definition) is 5. The Balaban J connectivity index is 1.40. The van der Waals surface area contributed by atoms with E-state index < -0.39 is 5.91 Å². The number of halogens is 1. The summed E-state index contributed by atoms with van der Waals surface area (Å²) in [5.41, 5.74) is 4.55. The number of nitrogens with one attached hydrogen (secondary N) is 2. The quantitative estimate of drug-likeness (QED) is 0.608. The standard InChI is InChI=1S/C25H22FN5O2/c1-15-10-17(3-6-20(15)26)13-28-24(32)22-12-23(30-14-29-22)25(33)31-21-7-4-18-11-16(8-9-27)2-5-19(18)21/h2-3,5-6,10-12,14,21H,4,7-8,13H2,1H3,(H,28,32)(H,31,33)/t21-/m0/s1. The number of carbonyl (C=O) groups is 2. The molecule has 1 atom stereocenters. The molecule has 0 bridgehead atoms. The Morgan fingerprint density at radius 2 is 1.85 bits per heavy atom. The number of aryl methyl sites for hydroxylation is 2. The van der Waals surface area contributed by atoms with Gasteiger partial charge in [0.1, 0.15) is 23.5 Å². The van der Waals surface area contributed by atoms with Crippen molar-refractivity contribution in [2.24, 2.45) is 0 Å². The van der Waals surface area contributed by atoms with Gasteiger partial charge in [0.25, 0.3) is 11.8 Å². The Labute approximate surface area is 190 Å². The van der Waals surface area contributed by atoms with Crippen molar-refractivity contribution in [3.63, 3.8) is 0 Å². The van der Waals surface area contributed by atoms with Crippen LogP contribution in [0.15, 0.2) is 48.8 Å². The molecule has 0 saturated carbocycles. The number of aromatic nitrogens is 2. The fraction of sp³-hybridized carbons (Fsp3) is 0.240. The Kier molecular flexibility index (Phi) is 6.41. The summed E-state index contributed by atoms with van der Waals surface area (Å²) >= 11 is 0. The largest absolute Gasteiger partial charge is 0.347 e. The molecule has 8 heteroatoms. The zero-order valence-corrected chi connectivity index (χ0v) is 18.1. The average Bonchev–Trinajstić information content (AvgIpc) is 3.21. The smallest absolute Gasteiger partial charge is 0.270 e. The van der Waals surface area contributed by atoms with Crippen LogP contribution in [0.5, 0.6) is 0 Å². The molecule has 0 radical (unpaired) electrons. The molecule has 1 aliphatic rings. The Bertz CT molecular complexity index is 1270. The maximum Gasteiger partial charge on any atom is 0.270 e. The van der Waals surface area contributed by atoms with Gasteiger partial charge in [-0.3, -0.25) is 9.59 Å². The van der Waals surface area contributed by atoms with Crippen LogP contribution in [0.2, 0.25) is 0 Å². The molecule has 4 rings (SSSR count). The van der Waals surface area contributed by atoms with E-state index in [4.69, 9.17) is 5.26 Å². The van der Waals surface area contributed by atoms with E-state index in [0.717, 1.165) is 35.1 Å². The minimum Gasteiger partial charge on any atom is -0.347 e. The van der Waals surface area contributed by atoms with Gasteiger partial charge in [-0.05, 0) is 53.6 Å². The van der Waals surface area contributed by atoms with Crippen molar-refractivity contribution in [2.45, 2.75) is 38.8 Å². The summed E-state index contributed by atoms with van der Waals surface area (Å²) in [6, 6.07) is 13.8. The summed E-state index contributed by atoms with van der Waals surface area (Å²) in [6.45, 7) is 1.86. The van der Waals surface area contributed by atoms with E-state index in [1.54, 1.807) is 19.1 Å². The lowest BCUT2D eigenvalue weighted by Crippen LogP contribution is -2.29. The molecule has 2 N–H and O–H groups in total. The third-order valence-electron chi connectivity index (χ3n) is 5.68. The van der Waals surface area contributed by atoms with Crippen molar-refractivity contribution in [3.05, 3.63) is 93.8 Å². The van der Waals surface area contributed by atoms with Crippen molar-refractivity contribution in [1.29, 1.82) is 5.26 Å². The van der Waals surface area contributed by atoms with Crippen LogP contribution in [-0.2, 0) is 19.4 Å². The van der Waals surface area contributed by atoms with Crippen molar-refractivity contribution < 1.29 is 14.0 Å². The summed E-state index contributed by atoms with van der Waals surface area (Å²) < 4.78 is 13.4. The first-order valence-electron chi connectivity index (χ1n) is 10.6. The van der Waals surface area contributed by atoms with Gasteiger partial charge in [0, 0.05) is 12.6 Å². The number of rotatable bonds is 6. The molecule has 2 aromatic carbocycles. The van der Waals surface area contributed by atoms with E-state index in [-0.39, 0.29) is 35.7 Å². The number of hydrogen-bond donors (Lipinski definition) is 2. The monoisotopic (exact) mass is 443 g/mol. The summed E-state index contributed by atoms with van der Waals surface area (Å²) in [7, 11) is 0. The number of benzene rings is 2. The van der Waals surface area contributed by atoms with E-state index >= 15 is 0 Å². The van der Waals surface area contributed by atoms with Gasteiger partial charge in [0.05, 0.1) is 18.5 Å². The number of amides is 2. The molecule has 0 unspecified atom stereocenters. The average molecular weight is 443 g/mol. The van der Waals surface area contributed by atoms with Crippen molar-refractivity contribution in [1.82, 2.24) is 20.6 Å². The van der Waals surface area contributed by atoms with E-state index in [2.05, 4.69) is 26.7 Å². The third kappa shape index (κ3) is 5.04. The molecule has 0 saturated heterocycles. The van der Waals surface area contributed by atoms with Crippen LogP contribution in [0.25, 0.3) is 0 Å².